The Morgan fingerprint density at radius 2 is 1.43 bits per heavy atom. The first-order valence-electron chi connectivity index (χ1n) is 4.94. The van der Waals surface area contributed by atoms with Crippen LogP contribution in [0.25, 0.3) is 0 Å². The molecule has 0 radical (unpaired) electrons. The minimum Gasteiger partial charge on any atom is -0.769 e. The van der Waals surface area contributed by atoms with E-state index in [-0.39, 0.29) is 72.1 Å². The van der Waals surface area contributed by atoms with Gasteiger partial charge in [-0.15, -0.1) is 0 Å². The Bertz CT molecular complexity index is 223. The third-order valence-electron chi connectivity index (χ3n) is 1.56. The minimum atomic E-state index is -1.71. The first-order chi connectivity index (χ1) is 8.88. The van der Waals surface area contributed by atoms with E-state index < -0.39 is 37.3 Å². The average Bonchev–Trinajstić information content (AvgIpc) is 2.41. The molecule has 9 nitrogen and oxygen atoms in total. The zero-order chi connectivity index (χ0) is 15.8. The van der Waals surface area contributed by atoms with Crippen molar-refractivity contribution < 1.29 is 104 Å². The maximum Gasteiger partial charge on any atom is 1.00 e. The standard InChI is InChI=1S/C5H10O5.C4H8O3.ClO.2Na/c6-2-3(7)1-4(8)5(9)10;5-2-1-4(7)3-6;1-2;;/h3-4,6-8H,1-2H2,(H,9,10);2,4,6-7H,1,3H2;;;/q;;-1;2*+1/p-1/t3-,4-;4-;;;/m00.../s1. The van der Waals surface area contributed by atoms with Gasteiger partial charge in [-0.3, -0.25) is 0 Å². The number of aldehydes is 1. The number of carbonyl (C=O) groups is 2. The molecule has 0 aliphatic rings. The Balaban J connectivity index is -0.0000000693. The van der Waals surface area contributed by atoms with Crippen molar-refractivity contribution in [1.82, 2.24) is 0 Å². The Labute approximate surface area is 171 Å². The van der Waals surface area contributed by atoms with Gasteiger partial charge in [0.1, 0.15) is 6.29 Å². The first kappa shape index (κ1) is 33.7. The van der Waals surface area contributed by atoms with E-state index in [4.69, 9.17) is 30.2 Å². The van der Waals surface area contributed by atoms with Crippen molar-refractivity contribution in [2.75, 3.05) is 13.2 Å². The van der Waals surface area contributed by atoms with Crippen molar-refractivity contribution in [3.63, 3.8) is 0 Å². The summed E-state index contributed by atoms with van der Waals surface area (Å²) in [6.45, 7) is -0.900. The van der Waals surface area contributed by atoms with Crippen molar-refractivity contribution in [2.45, 2.75) is 31.2 Å². The molecule has 0 heterocycles. The average molecular weight is 351 g/mol. The van der Waals surface area contributed by atoms with Gasteiger partial charge in [-0.2, -0.15) is 0 Å². The number of hydrogen-bond acceptors (Lipinski definition) is 9. The summed E-state index contributed by atoms with van der Waals surface area (Å²) in [5, 5.41) is 51.5. The summed E-state index contributed by atoms with van der Waals surface area (Å²) in [5.41, 5.74) is 0. The number of carbonyl (C=O) groups excluding carboxylic acids is 2. The smallest absolute Gasteiger partial charge is 0.769 e. The quantitative estimate of drug-likeness (QED) is 0.220. The molecule has 3 atom stereocenters. The zero-order valence-corrected chi connectivity index (χ0v) is 16.6. The van der Waals surface area contributed by atoms with Crippen molar-refractivity contribution in [2.24, 2.45) is 0 Å². The van der Waals surface area contributed by atoms with Gasteiger partial charge in [0.2, 0.25) is 0 Å². The number of hydrogen-bond donors (Lipinski definition) is 5. The van der Waals surface area contributed by atoms with Crippen LogP contribution in [0.4, 0.5) is 0 Å². The second kappa shape index (κ2) is 26.1. The molecule has 0 amide bonds. The SMILES string of the molecule is O=C([O-])[C@@H](O)C[C@H](O)CO.O=CC[C@H](O)CO.[Na+].[Na+].[O-]Cl. The van der Waals surface area contributed by atoms with Gasteiger partial charge in [0, 0.05) is 12.8 Å². The summed E-state index contributed by atoms with van der Waals surface area (Å²) in [5.74, 6) is -1.65. The van der Waals surface area contributed by atoms with Crippen molar-refractivity contribution in [3.8, 4) is 0 Å². The van der Waals surface area contributed by atoms with E-state index in [1.54, 1.807) is 0 Å². The van der Waals surface area contributed by atoms with E-state index in [2.05, 4.69) is 11.9 Å². The number of carboxylic acids is 1. The Kier molecular flexibility index (Phi) is 41.9. The molecule has 12 heteroatoms. The molecule has 0 aromatic heterocycles. The predicted molar refractivity (Wildman–Crippen MR) is 58.4 cm³/mol. The maximum atomic E-state index is 9.80. The van der Waals surface area contributed by atoms with Crippen LogP contribution in [0.2, 0.25) is 0 Å². The molecule has 0 aliphatic carbocycles. The molecule has 0 aromatic rings. The van der Waals surface area contributed by atoms with Crippen LogP contribution in [0.5, 0.6) is 0 Å². The van der Waals surface area contributed by atoms with E-state index >= 15 is 0 Å². The number of aliphatic hydroxyl groups excluding tert-OH is 5. The molecule has 0 fully saturated rings. The van der Waals surface area contributed by atoms with E-state index in [1.807, 2.05) is 0 Å². The second-order valence-corrected chi connectivity index (χ2v) is 3.15. The van der Waals surface area contributed by atoms with Crippen molar-refractivity contribution in [1.29, 1.82) is 0 Å². The van der Waals surface area contributed by atoms with Gasteiger partial charge in [0.25, 0.3) is 0 Å². The maximum absolute atomic E-state index is 9.80. The number of aliphatic carboxylic acids is 1. The van der Waals surface area contributed by atoms with Gasteiger partial charge < -0.3 is 44.9 Å². The summed E-state index contributed by atoms with van der Waals surface area (Å²) < 4.78 is 7.72. The van der Waals surface area contributed by atoms with Crippen molar-refractivity contribution >= 4 is 24.1 Å². The normalized spacial score (nSPS) is 12.5. The van der Waals surface area contributed by atoms with Gasteiger partial charge in [-0.1, -0.05) is 0 Å². The van der Waals surface area contributed by atoms with Crippen LogP contribution < -0.4 is 68.9 Å². The molecule has 0 saturated heterocycles. The zero-order valence-electron chi connectivity index (χ0n) is 11.9. The summed E-state index contributed by atoms with van der Waals surface area (Å²) in [6, 6.07) is 0. The summed E-state index contributed by atoms with van der Waals surface area (Å²) >= 11 is 3.39. The number of halogens is 1. The molecule has 116 valence electrons. The van der Waals surface area contributed by atoms with Gasteiger partial charge in [-0.05, 0) is 0 Å². The first-order valence-corrected chi connectivity index (χ1v) is 5.25. The van der Waals surface area contributed by atoms with Crippen molar-refractivity contribution in [3.05, 3.63) is 0 Å². The molecular weight excluding hydrogens is 334 g/mol. The van der Waals surface area contributed by atoms with Crippen LogP contribution in [-0.4, -0.2) is 69.3 Å². The molecule has 0 saturated carbocycles. The molecule has 0 unspecified atom stereocenters. The van der Waals surface area contributed by atoms with Gasteiger partial charge >= 0.3 is 59.1 Å². The minimum absolute atomic E-state index is 0. The van der Waals surface area contributed by atoms with Crippen LogP contribution in [0.3, 0.4) is 0 Å². The topological polar surface area (TPSA) is 181 Å². The molecule has 0 aromatic carbocycles. The third kappa shape index (κ3) is 29.8. The molecular formula is C9H17ClNa2O9. The van der Waals surface area contributed by atoms with E-state index in [0.29, 0.717) is 6.29 Å². The molecule has 0 spiro atoms. The van der Waals surface area contributed by atoms with E-state index in [0.717, 1.165) is 0 Å². The van der Waals surface area contributed by atoms with Crippen LogP contribution in [0.1, 0.15) is 12.8 Å². The number of rotatable bonds is 7. The number of carboxylic acid groups (broad SMARTS) is 1. The molecule has 0 rings (SSSR count). The molecule has 0 aliphatic heterocycles. The summed E-state index contributed by atoms with van der Waals surface area (Å²) in [6.07, 6.45) is -3.58. The summed E-state index contributed by atoms with van der Waals surface area (Å²) in [4.78, 5) is 19.3. The van der Waals surface area contributed by atoms with Gasteiger partial charge in [0.05, 0.1) is 37.5 Å². The fourth-order valence-electron chi connectivity index (χ4n) is 0.614. The van der Waals surface area contributed by atoms with Crippen LogP contribution in [0.15, 0.2) is 0 Å². The third-order valence-corrected chi connectivity index (χ3v) is 1.56. The van der Waals surface area contributed by atoms with E-state index in [1.165, 1.54) is 0 Å². The molecule has 21 heavy (non-hydrogen) atoms. The predicted octanol–water partition coefficient (Wildman–Crippen LogP) is -10.7. The second-order valence-electron chi connectivity index (χ2n) is 3.15. The van der Waals surface area contributed by atoms with E-state index in [9.17, 15) is 14.7 Å². The van der Waals surface area contributed by atoms with Crippen LogP contribution in [0, 0.1) is 0 Å². The largest absolute Gasteiger partial charge is 1.00 e. The Morgan fingerprint density at radius 1 is 1.05 bits per heavy atom. The molecule has 0 bridgehead atoms. The Hall–Kier alpha value is 1.19. The fourth-order valence-corrected chi connectivity index (χ4v) is 0.614. The number of aliphatic hydroxyl groups is 5. The van der Waals surface area contributed by atoms with Crippen LogP contribution in [-0.2, 0) is 9.59 Å². The monoisotopic (exact) mass is 350 g/mol. The summed E-state index contributed by atoms with van der Waals surface area (Å²) in [7, 11) is 0. The van der Waals surface area contributed by atoms with Gasteiger partial charge in [0.15, 0.2) is 0 Å². The van der Waals surface area contributed by atoms with Gasteiger partial charge in [-0.25, -0.2) is 11.9 Å². The molecule has 5 N–H and O–H groups in total. The van der Waals surface area contributed by atoms with Crippen LogP contribution >= 0.6 is 11.9 Å². The fraction of sp³-hybridized carbons (Fsp3) is 0.778. The Morgan fingerprint density at radius 3 is 1.62 bits per heavy atom.